The molecular weight excluding hydrogens is 384 g/mol. The van der Waals surface area contributed by atoms with Crippen molar-refractivity contribution in [2.24, 2.45) is 0 Å². The highest BCUT2D eigenvalue weighted by Crippen LogP contribution is 2.39. The summed E-state index contributed by atoms with van der Waals surface area (Å²) >= 11 is 1.51. The van der Waals surface area contributed by atoms with Gasteiger partial charge in [-0.2, -0.15) is 0 Å². The van der Waals surface area contributed by atoms with E-state index in [1.54, 1.807) is 29.2 Å². The Bertz CT molecular complexity index is 1100. The van der Waals surface area contributed by atoms with Gasteiger partial charge in [0, 0.05) is 17.1 Å². The summed E-state index contributed by atoms with van der Waals surface area (Å²) in [4.78, 5) is 28.5. The number of hydrogen-bond donors (Lipinski definition) is 1. The minimum atomic E-state index is -0.215. The molecule has 0 fully saturated rings. The number of nitrogens with zero attached hydrogens (tertiary/aromatic N) is 1. The number of nitrogens with one attached hydrogen (secondary N) is 1. The molecule has 0 radical (unpaired) electrons. The highest BCUT2D eigenvalue weighted by atomic mass is 32.2. The molecule has 1 N–H and O–H groups in total. The van der Waals surface area contributed by atoms with Gasteiger partial charge >= 0.3 is 0 Å². The van der Waals surface area contributed by atoms with E-state index in [0.29, 0.717) is 34.9 Å². The topological polar surface area (TPSA) is 58.6 Å². The summed E-state index contributed by atoms with van der Waals surface area (Å²) < 4.78 is 6.01. The van der Waals surface area contributed by atoms with Crippen molar-refractivity contribution in [3.05, 3.63) is 77.9 Å². The highest BCUT2D eigenvalue weighted by molar-refractivity contribution is 7.98. The Kier molecular flexibility index (Phi) is 5.27. The van der Waals surface area contributed by atoms with Gasteiger partial charge in [-0.15, -0.1) is 11.8 Å². The highest BCUT2D eigenvalue weighted by Gasteiger charge is 2.27. The smallest absolute Gasteiger partial charge is 0.262 e. The summed E-state index contributed by atoms with van der Waals surface area (Å²) in [6.45, 7) is 2.43. The number of para-hydroxylation sites is 2. The number of fused-ring (bicyclic) bond motifs is 2. The van der Waals surface area contributed by atoms with E-state index >= 15 is 0 Å². The number of hydrogen-bond acceptors (Lipinski definition) is 4. The number of rotatable bonds is 4. The molecule has 1 aliphatic heterocycles. The Hall–Kier alpha value is -3.25. The predicted octanol–water partition coefficient (Wildman–Crippen LogP) is 5.43. The lowest BCUT2D eigenvalue weighted by molar-refractivity contribution is 0.0985. The van der Waals surface area contributed by atoms with E-state index in [1.807, 2.05) is 55.6 Å². The molecule has 1 heterocycles. The third-order valence-corrected chi connectivity index (χ3v) is 5.55. The van der Waals surface area contributed by atoms with Gasteiger partial charge in [-0.05, 0) is 55.6 Å². The van der Waals surface area contributed by atoms with Crippen LogP contribution in [0.5, 0.6) is 11.5 Å². The van der Waals surface area contributed by atoms with Crippen molar-refractivity contribution >= 4 is 35.0 Å². The van der Waals surface area contributed by atoms with Crippen molar-refractivity contribution in [1.29, 1.82) is 0 Å². The van der Waals surface area contributed by atoms with Gasteiger partial charge in [-0.3, -0.25) is 9.59 Å². The van der Waals surface area contributed by atoms with Gasteiger partial charge in [0.15, 0.2) is 5.75 Å². The van der Waals surface area contributed by atoms with Crippen LogP contribution in [0.15, 0.2) is 71.6 Å². The van der Waals surface area contributed by atoms with Crippen LogP contribution in [0.4, 0.5) is 11.4 Å². The van der Waals surface area contributed by atoms with Gasteiger partial charge < -0.3 is 15.0 Å². The van der Waals surface area contributed by atoms with E-state index < -0.39 is 0 Å². The third kappa shape index (κ3) is 3.59. The summed E-state index contributed by atoms with van der Waals surface area (Å²) in [6.07, 6.45) is 1.93. The predicted molar refractivity (Wildman–Crippen MR) is 116 cm³/mol. The van der Waals surface area contributed by atoms with Crippen LogP contribution in [0, 0.1) is 0 Å². The second kappa shape index (κ2) is 8.01. The first-order valence-electron chi connectivity index (χ1n) is 9.29. The van der Waals surface area contributed by atoms with Crippen molar-refractivity contribution in [2.45, 2.75) is 11.8 Å². The van der Waals surface area contributed by atoms with Crippen LogP contribution in [0.2, 0.25) is 0 Å². The van der Waals surface area contributed by atoms with E-state index in [4.69, 9.17) is 4.74 Å². The van der Waals surface area contributed by atoms with Crippen LogP contribution < -0.4 is 15.0 Å². The number of carbonyl (C=O) groups is 2. The minimum Gasteiger partial charge on any atom is -0.454 e. The molecule has 5 nitrogen and oxygen atoms in total. The molecule has 4 rings (SSSR count). The molecule has 3 aromatic carbocycles. The van der Waals surface area contributed by atoms with E-state index in [9.17, 15) is 9.59 Å². The summed E-state index contributed by atoms with van der Waals surface area (Å²) in [5.74, 6) is 0.730. The third-order valence-electron chi connectivity index (χ3n) is 4.76. The number of amides is 2. The normalized spacial score (nSPS) is 12.5. The van der Waals surface area contributed by atoms with Crippen LogP contribution in [-0.2, 0) is 0 Å². The number of benzene rings is 3. The van der Waals surface area contributed by atoms with E-state index in [-0.39, 0.29) is 11.8 Å². The van der Waals surface area contributed by atoms with Gasteiger partial charge in [0.2, 0.25) is 0 Å². The van der Waals surface area contributed by atoms with Crippen molar-refractivity contribution in [3.8, 4) is 11.5 Å². The summed E-state index contributed by atoms with van der Waals surface area (Å²) in [5, 5.41) is 2.90. The van der Waals surface area contributed by atoms with E-state index in [2.05, 4.69) is 5.32 Å². The molecule has 0 bridgehead atoms. The van der Waals surface area contributed by atoms with Crippen molar-refractivity contribution in [3.63, 3.8) is 0 Å². The largest absolute Gasteiger partial charge is 0.454 e. The fraction of sp³-hybridized carbons (Fsp3) is 0.130. The maximum atomic E-state index is 13.2. The molecule has 0 saturated carbocycles. The maximum absolute atomic E-state index is 13.2. The zero-order valence-corrected chi connectivity index (χ0v) is 17.0. The lowest BCUT2D eigenvalue weighted by atomic mass is 10.1. The van der Waals surface area contributed by atoms with Gasteiger partial charge in [-0.25, -0.2) is 0 Å². The van der Waals surface area contributed by atoms with Crippen LogP contribution in [-0.4, -0.2) is 24.6 Å². The van der Waals surface area contributed by atoms with E-state index in [1.165, 1.54) is 11.8 Å². The van der Waals surface area contributed by atoms with Crippen LogP contribution in [0.3, 0.4) is 0 Å². The summed E-state index contributed by atoms with van der Waals surface area (Å²) in [7, 11) is 0. The van der Waals surface area contributed by atoms with Gasteiger partial charge in [0.25, 0.3) is 11.8 Å². The molecule has 2 amide bonds. The Morgan fingerprint density at radius 3 is 2.59 bits per heavy atom. The fourth-order valence-corrected chi connectivity index (χ4v) is 3.94. The van der Waals surface area contributed by atoms with Crippen LogP contribution in [0.25, 0.3) is 0 Å². The first-order valence-corrected chi connectivity index (χ1v) is 10.5. The second-order valence-electron chi connectivity index (χ2n) is 6.48. The quantitative estimate of drug-likeness (QED) is 0.589. The fourth-order valence-electron chi connectivity index (χ4n) is 3.35. The summed E-state index contributed by atoms with van der Waals surface area (Å²) in [6, 6.07) is 20.0. The number of ether oxygens (including phenoxy) is 1. The lowest BCUT2D eigenvalue weighted by Gasteiger charge is -2.19. The molecule has 6 heteroatoms. The Morgan fingerprint density at radius 2 is 1.79 bits per heavy atom. The van der Waals surface area contributed by atoms with Crippen molar-refractivity contribution in [1.82, 2.24) is 0 Å². The standard InChI is InChI=1S/C23H20N2O3S/c1-3-25-18-9-5-6-10-20(18)28-19-13-12-15(14-17(19)23(25)27)24-22(26)16-8-4-7-11-21(16)29-2/h4-14H,3H2,1-2H3,(H,24,26). The number of anilines is 2. The summed E-state index contributed by atoms with van der Waals surface area (Å²) in [5.41, 5.74) is 2.29. The molecule has 0 unspecified atom stereocenters. The first-order chi connectivity index (χ1) is 14.1. The Morgan fingerprint density at radius 1 is 1.03 bits per heavy atom. The van der Waals surface area contributed by atoms with E-state index in [0.717, 1.165) is 10.6 Å². The molecule has 3 aromatic rings. The SMILES string of the molecule is CCN1C(=O)c2cc(NC(=O)c3ccccc3SC)ccc2Oc2ccccc21. The zero-order chi connectivity index (χ0) is 20.4. The monoisotopic (exact) mass is 404 g/mol. The molecular formula is C23H20N2O3S. The van der Waals surface area contributed by atoms with Gasteiger partial charge in [-0.1, -0.05) is 24.3 Å². The second-order valence-corrected chi connectivity index (χ2v) is 7.33. The molecule has 29 heavy (non-hydrogen) atoms. The Balaban J connectivity index is 1.68. The minimum absolute atomic E-state index is 0.159. The average molecular weight is 404 g/mol. The molecule has 0 saturated heterocycles. The van der Waals surface area contributed by atoms with Gasteiger partial charge in [0.05, 0.1) is 16.8 Å². The first kappa shape index (κ1) is 19.1. The van der Waals surface area contributed by atoms with Crippen molar-refractivity contribution < 1.29 is 14.3 Å². The van der Waals surface area contributed by atoms with Gasteiger partial charge in [0.1, 0.15) is 5.75 Å². The maximum Gasteiger partial charge on any atom is 0.262 e. The molecule has 0 aliphatic carbocycles. The molecule has 146 valence electrons. The Labute approximate surface area is 173 Å². The molecule has 0 spiro atoms. The molecule has 1 aliphatic rings. The van der Waals surface area contributed by atoms with Crippen LogP contribution >= 0.6 is 11.8 Å². The zero-order valence-electron chi connectivity index (χ0n) is 16.1. The molecule has 0 aromatic heterocycles. The average Bonchev–Trinajstić information content (AvgIpc) is 2.87. The van der Waals surface area contributed by atoms with Crippen molar-refractivity contribution in [2.75, 3.05) is 23.0 Å². The molecule has 0 atom stereocenters. The van der Waals surface area contributed by atoms with Crippen LogP contribution in [0.1, 0.15) is 27.6 Å². The lowest BCUT2D eigenvalue weighted by Crippen LogP contribution is -2.29. The number of carbonyl (C=O) groups excluding carboxylic acids is 2. The number of thioether (sulfide) groups is 1.